The quantitative estimate of drug-likeness (QED) is 0.407. The maximum absolute atomic E-state index is 13.4. The predicted molar refractivity (Wildman–Crippen MR) is 150 cm³/mol. The molecule has 2 rings (SSSR count). The summed E-state index contributed by atoms with van der Waals surface area (Å²) in [6.07, 6.45) is 1.46. The number of carbonyl (C=O) groups excluding carboxylic acids is 2. The van der Waals surface area contributed by atoms with Crippen LogP contribution in [0, 0.1) is 0 Å². The first-order valence-corrected chi connectivity index (χ1v) is 14.6. The summed E-state index contributed by atoms with van der Waals surface area (Å²) in [5, 5.41) is 2.94. The molecule has 0 bridgehead atoms. The minimum absolute atomic E-state index is 0.0616. The molecule has 1 atom stereocenters. The first-order valence-electron chi connectivity index (χ1n) is 12.7. The first-order chi connectivity index (χ1) is 17.8. The molecule has 0 spiro atoms. The van der Waals surface area contributed by atoms with Crippen molar-refractivity contribution in [1.29, 1.82) is 0 Å². The van der Waals surface area contributed by atoms with Gasteiger partial charge in [-0.2, -0.15) is 0 Å². The van der Waals surface area contributed by atoms with Gasteiger partial charge >= 0.3 is 0 Å². The Morgan fingerprint density at radius 3 is 2.24 bits per heavy atom. The molecule has 0 radical (unpaired) electrons. The SMILES string of the molecule is CCOc1ccccc1N(CCCC(=O)N(Cc1ccc(OC)cc1)[C@H](C)C(=O)NC(C)(C)C)S(C)(=O)=O. The van der Waals surface area contributed by atoms with Crippen molar-refractivity contribution in [2.45, 2.75) is 65.6 Å². The van der Waals surface area contributed by atoms with Crippen LogP contribution in [-0.2, 0) is 26.2 Å². The van der Waals surface area contributed by atoms with Crippen molar-refractivity contribution in [3.63, 3.8) is 0 Å². The fourth-order valence-corrected chi connectivity index (χ4v) is 4.88. The molecule has 2 aromatic rings. The van der Waals surface area contributed by atoms with Crippen molar-refractivity contribution in [2.75, 3.05) is 30.8 Å². The average molecular weight is 548 g/mol. The zero-order valence-corrected chi connectivity index (χ0v) is 24.3. The van der Waals surface area contributed by atoms with E-state index in [9.17, 15) is 18.0 Å². The molecule has 0 aliphatic rings. The van der Waals surface area contributed by atoms with Crippen LogP contribution in [-0.4, -0.2) is 63.2 Å². The van der Waals surface area contributed by atoms with Gasteiger partial charge in [-0.15, -0.1) is 0 Å². The molecule has 0 aromatic heterocycles. The number of rotatable bonds is 13. The molecule has 9 nitrogen and oxygen atoms in total. The molecule has 0 saturated carbocycles. The molecule has 0 fully saturated rings. The Hall–Kier alpha value is -3.27. The van der Waals surface area contributed by atoms with E-state index < -0.39 is 21.6 Å². The Morgan fingerprint density at radius 1 is 1.05 bits per heavy atom. The topological polar surface area (TPSA) is 105 Å². The molecule has 0 unspecified atom stereocenters. The van der Waals surface area contributed by atoms with Crippen LogP contribution >= 0.6 is 0 Å². The monoisotopic (exact) mass is 547 g/mol. The number of para-hydroxylation sites is 2. The highest BCUT2D eigenvalue weighted by Gasteiger charge is 2.29. The summed E-state index contributed by atoms with van der Waals surface area (Å²) >= 11 is 0. The van der Waals surface area contributed by atoms with E-state index in [0.717, 1.165) is 11.8 Å². The van der Waals surface area contributed by atoms with E-state index in [4.69, 9.17) is 9.47 Å². The van der Waals surface area contributed by atoms with E-state index in [2.05, 4.69) is 5.32 Å². The molecule has 1 N–H and O–H groups in total. The Balaban J connectivity index is 2.23. The Labute approximate surface area is 227 Å². The molecule has 38 heavy (non-hydrogen) atoms. The summed E-state index contributed by atoms with van der Waals surface area (Å²) in [6.45, 7) is 9.88. The number of hydrogen-bond donors (Lipinski definition) is 1. The van der Waals surface area contributed by atoms with Crippen LogP contribution in [0.1, 0.15) is 53.0 Å². The largest absolute Gasteiger partial charge is 0.497 e. The summed E-state index contributed by atoms with van der Waals surface area (Å²) in [5.41, 5.74) is 0.819. The van der Waals surface area contributed by atoms with Gasteiger partial charge in [-0.25, -0.2) is 8.42 Å². The molecule has 0 aliphatic heterocycles. The van der Waals surface area contributed by atoms with Gasteiger partial charge in [0.2, 0.25) is 21.8 Å². The van der Waals surface area contributed by atoms with Crippen LogP contribution < -0.4 is 19.1 Å². The van der Waals surface area contributed by atoms with Crippen LogP contribution in [0.5, 0.6) is 11.5 Å². The standard InChI is InChI=1S/C28H41N3O6S/c1-8-37-25-13-10-9-12-24(25)31(38(7,34)35)19-11-14-26(32)30(21(2)27(33)29-28(3,4)5)20-22-15-17-23(36-6)18-16-22/h9-10,12-13,15-18,21H,8,11,14,19-20H2,1-7H3,(H,29,33)/t21-/m1/s1. The van der Waals surface area contributed by atoms with Crippen molar-refractivity contribution in [1.82, 2.24) is 10.2 Å². The number of methoxy groups -OCH3 is 1. The van der Waals surface area contributed by atoms with Gasteiger partial charge in [-0.05, 0) is 70.9 Å². The highest BCUT2D eigenvalue weighted by atomic mass is 32.2. The van der Waals surface area contributed by atoms with Crippen molar-refractivity contribution >= 4 is 27.5 Å². The van der Waals surface area contributed by atoms with E-state index in [0.29, 0.717) is 23.8 Å². The molecule has 2 aromatic carbocycles. The van der Waals surface area contributed by atoms with Crippen LogP contribution in [0.3, 0.4) is 0 Å². The smallest absolute Gasteiger partial charge is 0.242 e. The third-order valence-corrected chi connectivity index (χ3v) is 6.94. The van der Waals surface area contributed by atoms with E-state index >= 15 is 0 Å². The third kappa shape index (κ3) is 9.24. The molecule has 2 amide bonds. The van der Waals surface area contributed by atoms with Gasteiger partial charge in [0.1, 0.15) is 17.5 Å². The lowest BCUT2D eigenvalue weighted by atomic mass is 10.1. The van der Waals surface area contributed by atoms with Gasteiger partial charge in [-0.1, -0.05) is 24.3 Å². The second-order valence-corrected chi connectivity index (χ2v) is 12.0. The predicted octanol–water partition coefficient (Wildman–Crippen LogP) is 3.97. The Morgan fingerprint density at radius 2 is 1.68 bits per heavy atom. The number of ether oxygens (including phenoxy) is 2. The highest BCUT2D eigenvalue weighted by Crippen LogP contribution is 2.30. The lowest BCUT2D eigenvalue weighted by Gasteiger charge is -2.32. The van der Waals surface area contributed by atoms with Gasteiger partial charge in [0.05, 0.1) is 25.7 Å². The molecule has 0 aliphatic carbocycles. The maximum Gasteiger partial charge on any atom is 0.242 e. The Bertz CT molecular complexity index is 1180. The number of sulfonamides is 1. The molecular weight excluding hydrogens is 506 g/mol. The van der Waals surface area contributed by atoms with Gasteiger partial charge in [0.25, 0.3) is 0 Å². The lowest BCUT2D eigenvalue weighted by molar-refractivity contribution is -0.141. The number of carbonyl (C=O) groups is 2. The molecule has 10 heteroatoms. The van der Waals surface area contributed by atoms with Gasteiger partial charge in [-0.3, -0.25) is 13.9 Å². The summed E-state index contributed by atoms with van der Waals surface area (Å²) in [7, 11) is -2.05. The van der Waals surface area contributed by atoms with E-state index in [1.807, 2.05) is 39.8 Å². The van der Waals surface area contributed by atoms with Gasteiger partial charge in [0.15, 0.2) is 0 Å². The normalized spacial score (nSPS) is 12.4. The first kappa shape index (κ1) is 31.0. The number of nitrogens with one attached hydrogen (secondary N) is 1. The third-order valence-electron chi connectivity index (χ3n) is 5.76. The summed E-state index contributed by atoms with van der Waals surface area (Å²) in [6, 6.07) is 13.5. The second-order valence-electron chi connectivity index (χ2n) is 10.1. The second kappa shape index (κ2) is 13.5. The number of anilines is 1. The fourth-order valence-electron chi connectivity index (χ4n) is 3.91. The fraction of sp³-hybridized carbons (Fsp3) is 0.500. The summed E-state index contributed by atoms with van der Waals surface area (Å²) in [4.78, 5) is 27.9. The average Bonchev–Trinajstić information content (AvgIpc) is 2.84. The highest BCUT2D eigenvalue weighted by molar-refractivity contribution is 7.92. The lowest BCUT2D eigenvalue weighted by Crippen LogP contribution is -2.52. The Kier molecular flexibility index (Phi) is 11.0. The van der Waals surface area contributed by atoms with Crippen molar-refractivity contribution in [3.05, 3.63) is 54.1 Å². The van der Waals surface area contributed by atoms with Crippen LogP contribution in [0.25, 0.3) is 0 Å². The number of amides is 2. The van der Waals surface area contributed by atoms with Crippen LogP contribution in [0.4, 0.5) is 5.69 Å². The van der Waals surface area contributed by atoms with Crippen LogP contribution in [0.15, 0.2) is 48.5 Å². The maximum atomic E-state index is 13.4. The molecule has 0 saturated heterocycles. The van der Waals surface area contributed by atoms with E-state index in [-0.39, 0.29) is 37.7 Å². The molecule has 210 valence electrons. The number of nitrogens with zero attached hydrogens (tertiary/aromatic N) is 2. The summed E-state index contributed by atoms with van der Waals surface area (Å²) < 4.78 is 37.4. The van der Waals surface area contributed by atoms with E-state index in [1.54, 1.807) is 50.4 Å². The molecule has 0 heterocycles. The zero-order chi connectivity index (χ0) is 28.5. The number of hydrogen-bond acceptors (Lipinski definition) is 6. The van der Waals surface area contributed by atoms with E-state index in [1.165, 1.54) is 9.21 Å². The van der Waals surface area contributed by atoms with Crippen molar-refractivity contribution < 1.29 is 27.5 Å². The summed E-state index contributed by atoms with van der Waals surface area (Å²) in [5.74, 6) is 0.644. The minimum atomic E-state index is -3.63. The van der Waals surface area contributed by atoms with Crippen LogP contribution in [0.2, 0.25) is 0 Å². The van der Waals surface area contributed by atoms with Gasteiger partial charge < -0.3 is 19.7 Å². The van der Waals surface area contributed by atoms with Gasteiger partial charge in [0, 0.05) is 25.0 Å². The molecular formula is C28H41N3O6S. The van der Waals surface area contributed by atoms with Crippen molar-refractivity contribution in [2.24, 2.45) is 0 Å². The van der Waals surface area contributed by atoms with Crippen molar-refractivity contribution in [3.8, 4) is 11.5 Å². The zero-order valence-electron chi connectivity index (χ0n) is 23.5. The minimum Gasteiger partial charge on any atom is -0.497 e. The number of benzene rings is 2.